The van der Waals surface area contributed by atoms with Gasteiger partial charge in [0.15, 0.2) is 0 Å². The molecule has 15 heavy (non-hydrogen) atoms. The molecule has 0 aliphatic carbocycles. The van der Waals surface area contributed by atoms with E-state index in [0.29, 0.717) is 19.5 Å². The number of hydrogen-bond acceptors (Lipinski definition) is 4. The molecule has 0 amide bonds. The number of hydrogen-bond donors (Lipinski definition) is 1. The van der Waals surface area contributed by atoms with Crippen molar-refractivity contribution in [3.05, 3.63) is 17.7 Å². The van der Waals surface area contributed by atoms with Gasteiger partial charge in [0.1, 0.15) is 15.7 Å². The summed E-state index contributed by atoms with van der Waals surface area (Å²) in [6.07, 6.45) is 3.58. The summed E-state index contributed by atoms with van der Waals surface area (Å²) in [5.74, 6) is 1.08. The Bertz CT molecular complexity index is 423. The van der Waals surface area contributed by atoms with Gasteiger partial charge in [-0.3, -0.25) is 0 Å². The second-order valence-corrected chi connectivity index (χ2v) is 5.90. The Morgan fingerprint density at radius 3 is 2.73 bits per heavy atom. The maximum absolute atomic E-state index is 10.9. The van der Waals surface area contributed by atoms with Crippen molar-refractivity contribution < 1.29 is 8.42 Å². The van der Waals surface area contributed by atoms with Gasteiger partial charge in [-0.25, -0.2) is 13.4 Å². The number of sulfone groups is 1. The fourth-order valence-electron chi connectivity index (χ4n) is 1.47. The summed E-state index contributed by atoms with van der Waals surface area (Å²) in [7, 11) is -2.87. The average molecular weight is 231 g/mol. The van der Waals surface area contributed by atoms with E-state index in [2.05, 4.69) is 4.98 Å². The van der Waals surface area contributed by atoms with Crippen LogP contribution in [0, 0.1) is 6.92 Å². The van der Waals surface area contributed by atoms with Gasteiger partial charge in [0.05, 0.1) is 11.4 Å². The highest BCUT2D eigenvalue weighted by molar-refractivity contribution is 7.90. The molecular formula is C9H17N3O2S. The molecule has 0 saturated carbocycles. The van der Waals surface area contributed by atoms with Crippen LogP contribution in [-0.4, -0.2) is 30.0 Å². The van der Waals surface area contributed by atoms with E-state index >= 15 is 0 Å². The number of nitrogens with two attached hydrogens (primary N) is 1. The average Bonchev–Trinajstić information content (AvgIpc) is 2.46. The van der Waals surface area contributed by atoms with E-state index < -0.39 is 9.84 Å². The molecule has 0 saturated heterocycles. The van der Waals surface area contributed by atoms with Gasteiger partial charge in [-0.15, -0.1) is 0 Å². The Morgan fingerprint density at radius 1 is 1.53 bits per heavy atom. The maximum atomic E-state index is 10.9. The molecule has 1 aromatic rings. The molecule has 0 aromatic carbocycles. The highest BCUT2D eigenvalue weighted by atomic mass is 32.2. The summed E-state index contributed by atoms with van der Waals surface area (Å²) in [4.78, 5) is 4.14. The molecule has 0 bridgehead atoms. The monoisotopic (exact) mass is 231 g/mol. The van der Waals surface area contributed by atoms with Crippen molar-refractivity contribution in [3.8, 4) is 0 Å². The van der Waals surface area contributed by atoms with Crippen molar-refractivity contribution in [2.75, 3.05) is 12.0 Å². The fraction of sp³-hybridized carbons (Fsp3) is 0.667. The standard InChI is InChI=1S/C9H17N3O2S/c1-8-11-7-9(6-10)12(8)4-3-5-15(2,13)14/h7H,3-6,10H2,1-2H3. The number of aromatic nitrogens is 2. The van der Waals surface area contributed by atoms with E-state index in [0.717, 1.165) is 11.5 Å². The molecule has 1 heterocycles. The lowest BCUT2D eigenvalue weighted by atomic mass is 10.4. The minimum Gasteiger partial charge on any atom is -0.331 e. The van der Waals surface area contributed by atoms with Gasteiger partial charge >= 0.3 is 0 Å². The molecule has 0 unspecified atom stereocenters. The molecule has 0 aliphatic heterocycles. The Kier molecular flexibility index (Phi) is 3.87. The van der Waals surface area contributed by atoms with Crippen LogP contribution in [0.15, 0.2) is 6.20 Å². The largest absolute Gasteiger partial charge is 0.331 e. The van der Waals surface area contributed by atoms with Crippen LogP contribution in [0.4, 0.5) is 0 Å². The van der Waals surface area contributed by atoms with Gasteiger partial charge < -0.3 is 10.3 Å². The Hall–Kier alpha value is -0.880. The third kappa shape index (κ3) is 3.64. The first-order chi connectivity index (χ1) is 6.94. The topological polar surface area (TPSA) is 78.0 Å². The summed E-state index contributed by atoms with van der Waals surface area (Å²) in [5.41, 5.74) is 6.49. The summed E-state index contributed by atoms with van der Waals surface area (Å²) in [5, 5.41) is 0. The minimum atomic E-state index is -2.87. The molecule has 2 N–H and O–H groups in total. The first kappa shape index (κ1) is 12.2. The number of rotatable bonds is 5. The van der Waals surface area contributed by atoms with Crippen molar-refractivity contribution >= 4 is 9.84 Å². The van der Waals surface area contributed by atoms with Gasteiger partial charge in [0.25, 0.3) is 0 Å². The molecule has 0 atom stereocenters. The SMILES string of the molecule is Cc1ncc(CN)n1CCCS(C)(=O)=O. The lowest BCUT2D eigenvalue weighted by Crippen LogP contribution is -2.12. The first-order valence-electron chi connectivity index (χ1n) is 4.83. The van der Waals surface area contributed by atoms with E-state index in [1.54, 1.807) is 6.20 Å². The van der Waals surface area contributed by atoms with Crippen molar-refractivity contribution in [1.29, 1.82) is 0 Å². The van der Waals surface area contributed by atoms with Gasteiger partial charge in [0, 0.05) is 25.5 Å². The van der Waals surface area contributed by atoms with E-state index in [-0.39, 0.29) is 5.75 Å². The number of imidazole rings is 1. The second-order valence-electron chi connectivity index (χ2n) is 3.64. The van der Waals surface area contributed by atoms with E-state index in [1.807, 2.05) is 11.5 Å². The second kappa shape index (κ2) is 4.76. The Balaban J connectivity index is 2.61. The Morgan fingerprint density at radius 2 is 2.20 bits per heavy atom. The molecule has 0 radical (unpaired) electrons. The van der Waals surface area contributed by atoms with Gasteiger partial charge in [-0.1, -0.05) is 0 Å². The molecule has 0 aliphatic rings. The van der Waals surface area contributed by atoms with E-state index in [1.165, 1.54) is 6.26 Å². The van der Waals surface area contributed by atoms with Crippen molar-refractivity contribution in [3.63, 3.8) is 0 Å². The molecule has 1 rings (SSSR count). The third-order valence-electron chi connectivity index (χ3n) is 2.24. The van der Waals surface area contributed by atoms with Crippen molar-refractivity contribution in [2.24, 2.45) is 5.73 Å². The minimum absolute atomic E-state index is 0.203. The number of nitrogens with zero attached hydrogens (tertiary/aromatic N) is 2. The molecule has 86 valence electrons. The normalized spacial score (nSPS) is 11.9. The summed E-state index contributed by atoms with van der Waals surface area (Å²) in [6, 6.07) is 0. The van der Waals surface area contributed by atoms with Crippen LogP contribution in [0.2, 0.25) is 0 Å². The molecule has 1 aromatic heterocycles. The maximum Gasteiger partial charge on any atom is 0.147 e. The van der Waals surface area contributed by atoms with E-state index in [9.17, 15) is 8.42 Å². The van der Waals surface area contributed by atoms with E-state index in [4.69, 9.17) is 5.73 Å². The summed E-state index contributed by atoms with van der Waals surface area (Å²) in [6.45, 7) is 2.98. The van der Waals surface area contributed by atoms with Gasteiger partial charge in [0.2, 0.25) is 0 Å². The highest BCUT2D eigenvalue weighted by Gasteiger charge is 2.06. The van der Waals surface area contributed by atoms with Gasteiger partial charge in [-0.05, 0) is 13.3 Å². The molecule has 5 nitrogen and oxygen atoms in total. The van der Waals surface area contributed by atoms with Crippen molar-refractivity contribution in [2.45, 2.75) is 26.4 Å². The zero-order valence-electron chi connectivity index (χ0n) is 9.10. The zero-order chi connectivity index (χ0) is 11.5. The van der Waals surface area contributed by atoms with Crippen LogP contribution in [-0.2, 0) is 22.9 Å². The fourth-order valence-corrected chi connectivity index (χ4v) is 2.12. The third-order valence-corrected chi connectivity index (χ3v) is 3.27. The van der Waals surface area contributed by atoms with Crippen molar-refractivity contribution in [1.82, 2.24) is 9.55 Å². The van der Waals surface area contributed by atoms with Gasteiger partial charge in [-0.2, -0.15) is 0 Å². The lowest BCUT2D eigenvalue weighted by molar-refractivity contribution is 0.585. The molecule has 0 fully saturated rings. The molecule has 0 spiro atoms. The zero-order valence-corrected chi connectivity index (χ0v) is 9.92. The summed E-state index contributed by atoms with van der Waals surface area (Å²) >= 11 is 0. The highest BCUT2D eigenvalue weighted by Crippen LogP contribution is 2.05. The first-order valence-corrected chi connectivity index (χ1v) is 6.89. The number of aryl methyl sites for hydroxylation is 1. The van der Waals surface area contributed by atoms with Crippen LogP contribution < -0.4 is 5.73 Å². The quantitative estimate of drug-likeness (QED) is 0.778. The Labute approximate surface area is 90.2 Å². The van der Waals surface area contributed by atoms with Crippen LogP contribution >= 0.6 is 0 Å². The predicted octanol–water partition coefficient (Wildman–Crippen LogP) is 0.0849. The lowest BCUT2D eigenvalue weighted by Gasteiger charge is -2.08. The molecular weight excluding hydrogens is 214 g/mol. The molecule has 6 heteroatoms. The smallest absolute Gasteiger partial charge is 0.147 e. The van der Waals surface area contributed by atoms with Crippen LogP contribution in [0.3, 0.4) is 0 Å². The predicted molar refractivity (Wildman–Crippen MR) is 59.2 cm³/mol. The summed E-state index contributed by atoms with van der Waals surface area (Å²) < 4.78 is 23.9. The van der Waals surface area contributed by atoms with Crippen LogP contribution in [0.25, 0.3) is 0 Å². The van der Waals surface area contributed by atoms with Crippen LogP contribution in [0.5, 0.6) is 0 Å². The van der Waals surface area contributed by atoms with Crippen LogP contribution in [0.1, 0.15) is 17.9 Å².